The van der Waals surface area contributed by atoms with Crippen molar-refractivity contribution in [1.82, 2.24) is 30.3 Å². The molecule has 152 valence electrons. The second-order valence-corrected chi connectivity index (χ2v) is 7.59. The first-order valence-corrected chi connectivity index (χ1v) is 10.4. The Kier molecular flexibility index (Phi) is 7.07. The van der Waals surface area contributed by atoms with Crippen molar-refractivity contribution in [2.24, 2.45) is 4.99 Å². The molecule has 0 saturated carbocycles. The molecule has 8 nitrogen and oxygen atoms in total. The van der Waals surface area contributed by atoms with Crippen LogP contribution in [0.3, 0.4) is 0 Å². The van der Waals surface area contributed by atoms with E-state index in [0.717, 1.165) is 76.3 Å². The molecule has 3 rings (SSSR count). The molecule has 1 aromatic heterocycles. The van der Waals surface area contributed by atoms with Gasteiger partial charge in [0.15, 0.2) is 11.8 Å². The Morgan fingerprint density at radius 3 is 3.00 bits per heavy atom. The maximum Gasteiger partial charge on any atom is 0.191 e. The average Bonchev–Trinajstić information content (AvgIpc) is 3.09. The summed E-state index contributed by atoms with van der Waals surface area (Å²) in [4.78, 5) is 12.0. The van der Waals surface area contributed by atoms with Gasteiger partial charge in [-0.1, -0.05) is 6.92 Å². The van der Waals surface area contributed by atoms with Gasteiger partial charge in [0.25, 0.3) is 0 Å². The number of aryl methyl sites for hydroxylation is 2. The molecule has 0 amide bonds. The lowest BCUT2D eigenvalue weighted by molar-refractivity contribution is -0.0165. The molecule has 0 spiro atoms. The van der Waals surface area contributed by atoms with E-state index < -0.39 is 0 Å². The summed E-state index contributed by atoms with van der Waals surface area (Å²) < 4.78 is 7.61. The minimum Gasteiger partial charge on any atom is -0.379 e. The third-order valence-corrected chi connectivity index (χ3v) is 5.40. The van der Waals surface area contributed by atoms with E-state index in [2.05, 4.69) is 58.0 Å². The lowest BCUT2D eigenvalue weighted by atomic mass is 10.1. The molecule has 1 fully saturated rings. The number of morpholine rings is 1. The van der Waals surface area contributed by atoms with Crippen LogP contribution in [0.25, 0.3) is 0 Å². The van der Waals surface area contributed by atoms with Gasteiger partial charge in [0.05, 0.1) is 26.3 Å². The van der Waals surface area contributed by atoms with E-state index in [4.69, 9.17) is 9.73 Å². The molecule has 2 aliphatic rings. The minimum atomic E-state index is 0.333. The monoisotopic (exact) mass is 377 g/mol. The highest BCUT2D eigenvalue weighted by molar-refractivity contribution is 5.80. The van der Waals surface area contributed by atoms with Crippen LogP contribution in [-0.4, -0.2) is 76.6 Å². The van der Waals surface area contributed by atoms with Gasteiger partial charge in [-0.3, -0.25) is 9.89 Å². The van der Waals surface area contributed by atoms with Crippen LogP contribution in [0.15, 0.2) is 4.99 Å². The van der Waals surface area contributed by atoms with Crippen LogP contribution >= 0.6 is 0 Å². The zero-order valence-electron chi connectivity index (χ0n) is 17.2. The van der Waals surface area contributed by atoms with E-state index in [1.807, 2.05) is 0 Å². The number of aliphatic imine (C=N–C) groups is 1. The number of rotatable bonds is 6. The largest absolute Gasteiger partial charge is 0.379 e. The number of hydrogen-bond acceptors (Lipinski definition) is 5. The summed E-state index contributed by atoms with van der Waals surface area (Å²) in [7, 11) is 0. The van der Waals surface area contributed by atoms with Crippen molar-refractivity contribution in [3.63, 3.8) is 0 Å². The summed E-state index contributed by atoms with van der Waals surface area (Å²) >= 11 is 0. The summed E-state index contributed by atoms with van der Waals surface area (Å²) in [5, 5.41) is 11.6. The van der Waals surface area contributed by atoms with Gasteiger partial charge >= 0.3 is 0 Å². The number of ether oxygens (including phenoxy) is 1. The van der Waals surface area contributed by atoms with Crippen molar-refractivity contribution in [3.05, 3.63) is 11.6 Å². The molecule has 0 aliphatic carbocycles. The Morgan fingerprint density at radius 1 is 1.41 bits per heavy atom. The van der Waals surface area contributed by atoms with Crippen molar-refractivity contribution < 1.29 is 4.74 Å². The third-order valence-electron chi connectivity index (χ3n) is 5.40. The predicted octanol–water partition coefficient (Wildman–Crippen LogP) is 0.820. The van der Waals surface area contributed by atoms with Crippen LogP contribution in [0.2, 0.25) is 0 Å². The number of nitrogens with one attached hydrogen (secondary N) is 2. The fourth-order valence-corrected chi connectivity index (χ4v) is 3.86. The summed E-state index contributed by atoms with van der Waals surface area (Å²) in [5.41, 5.74) is 0. The third kappa shape index (κ3) is 5.19. The normalized spacial score (nSPS) is 25.1. The van der Waals surface area contributed by atoms with Crippen LogP contribution in [0.4, 0.5) is 0 Å². The van der Waals surface area contributed by atoms with Crippen molar-refractivity contribution >= 4 is 5.96 Å². The Balaban J connectivity index is 1.57. The highest BCUT2D eigenvalue weighted by Crippen LogP contribution is 2.14. The second kappa shape index (κ2) is 9.50. The zero-order chi connectivity index (χ0) is 19.2. The predicted molar refractivity (Wildman–Crippen MR) is 107 cm³/mol. The zero-order valence-corrected chi connectivity index (χ0v) is 17.2. The van der Waals surface area contributed by atoms with Gasteiger partial charge < -0.3 is 15.4 Å². The first-order valence-electron chi connectivity index (χ1n) is 10.4. The molecule has 0 bridgehead atoms. The van der Waals surface area contributed by atoms with Crippen LogP contribution < -0.4 is 10.6 Å². The Morgan fingerprint density at radius 2 is 2.26 bits per heavy atom. The van der Waals surface area contributed by atoms with Crippen molar-refractivity contribution in [2.75, 3.05) is 32.8 Å². The summed E-state index contributed by atoms with van der Waals surface area (Å²) in [5.74, 6) is 2.95. The molecular weight excluding hydrogens is 342 g/mol. The molecule has 3 atom stereocenters. The van der Waals surface area contributed by atoms with Gasteiger partial charge in [-0.25, -0.2) is 9.67 Å². The summed E-state index contributed by atoms with van der Waals surface area (Å²) in [6.07, 6.45) is 2.91. The molecule has 0 radical (unpaired) electrons. The van der Waals surface area contributed by atoms with Crippen LogP contribution in [0.5, 0.6) is 0 Å². The topological polar surface area (TPSA) is 79.6 Å². The van der Waals surface area contributed by atoms with Gasteiger partial charge in [0.1, 0.15) is 5.82 Å². The number of hydrogen-bond donors (Lipinski definition) is 2. The van der Waals surface area contributed by atoms with Crippen molar-refractivity contribution in [3.8, 4) is 0 Å². The van der Waals surface area contributed by atoms with E-state index in [1.165, 1.54) is 0 Å². The van der Waals surface area contributed by atoms with Crippen molar-refractivity contribution in [2.45, 2.75) is 71.6 Å². The standard InChI is InChI=1S/C19H35N7O/c1-5-17-23-18-8-7-16(12-26(18)24-17)22-19(20-6-2)21-11-14(3)25-9-10-27-13-15(25)4/h14-16H,5-13H2,1-4H3,(H2,20,21,22). The van der Waals surface area contributed by atoms with Crippen LogP contribution in [-0.2, 0) is 24.1 Å². The number of guanidine groups is 1. The number of fused-ring (bicyclic) bond motifs is 1. The number of nitrogens with zero attached hydrogens (tertiary/aromatic N) is 5. The molecular formula is C19H35N7O. The van der Waals surface area contributed by atoms with E-state index in [-0.39, 0.29) is 0 Å². The van der Waals surface area contributed by atoms with Gasteiger partial charge in [-0.15, -0.1) is 0 Å². The van der Waals surface area contributed by atoms with Gasteiger partial charge in [-0.2, -0.15) is 5.10 Å². The smallest absolute Gasteiger partial charge is 0.191 e. The average molecular weight is 378 g/mol. The SMILES string of the molecule is CCNC(=NCC(C)N1CCOCC1C)NC1CCc2nc(CC)nn2C1. The summed E-state index contributed by atoms with van der Waals surface area (Å²) in [6.45, 7) is 13.8. The fraction of sp³-hybridized carbons (Fsp3) is 0.842. The van der Waals surface area contributed by atoms with Crippen LogP contribution in [0.1, 0.15) is 45.8 Å². The van der Waals surface area contributed by atoms with Gasteiger partial charge in [0.2, 0.25) is 0 Å². The Labute approximate surface area is 162 Å². The van der Waals surface area contributed by atoms with Gasteiger partial charge in [0, 0.05) is 44.1 Å². The maximum absolute atomic E-state index is 5.55. The molecule has 2 aliphatic heterocycles. The van der Waals surface area contributed by atoms with E-state index in [1.54, 1.807) is 0 Å². The molecule has 27 heavy (non-hydrogen) atoms. The molecule has 3 heterocycles. The quantitative estimate of drug-likeness (QED) is 0.564. The first kappa shape index (κ1) is 20.1. The van der Waals surface area contributed by atoms with E-state index in [0.29, 0.717) is 18.1 Å². The maximum atomic E-state index is 5.55. The molecule has 1 saturated heterocycles. The van der Waals surface area contributed by atoms with Crippen molar-refractivity contribution in [1.29, 1.82) is 0 Å². The molecule has 2 N–H and O–H groups in total. The lowest BCUT2D eigenvalue weighted by Gasteiger charge is -2.37. The highest BCUT2D eigenvalue weighted by Gasteiger charge is 2.24. The molecule has 8 heteroatoms. The molecule has 1 aromatic rings. The van der Waals surface area contributed by atoms with E-state index in [9.17, 15) is 0 Å². The Hall–Kier alpha value is -1.67. The van der Waals surface area contributed by atoms with E-state index >= 15 is 0 Å². The highest BCUT2D eigenvalue weighted by atomic mass is 16.5. The van der Waals surface area contributed by atoms with Crippen LogP contribution in [0, 0.1) is 0 Å². The number of aromatic nitrogens is 3. The molecule has 3 unspecified atom stereocenters. The Bertz CT molecular complexity index is 630. The summed E-state index contributed by atoms with van der Waals surface area (Å²) in [6, 6.07) is 1.19. The lowest BCUT2D eigenvalue weighted by Crippen LogP contribution is -2.50. The van der Waals surface area contributed by atoms with Gasteiger partial charge in [-0.05, 0) is 27.2 Å². The minimum absolute atomic E-state index is 0.333. The first-order chi connectivity index (χ1) is 13.1. The molecule has 0 aromatic carbocycles. The fourth-order valence-electron chi connectivity index (χ4n) is 3.86. The second-order valence-electron chi connectivity index (χ2n) is 7.59.